The maximum Gasteiger partial charge on any atom is 0.320 e. The Morgan fingerprint density at radius 3 is 2.41 bits per heavy atom. The van der Waals surface area contributed by atoms with Gasteiger partial charge in [-0.3, -0.25) is 14.4 Å². The molecule has 144 valence electrons. The second-order valence-corrected chi connectivity index (χ2v) is 7.20. The van der Waals surface area contributed by atoms with Gasteiger partial charge >= 0.3 is 11.9 Å². The summed E-state index contributed by atoms with van der Waals surface area (Å²) in [5.41, 5.74) is 0.899. The van der Waals surface area contributed by atoms with Gasteiger partial charge in [0.2, 0.25) is 0 Å². The first-order chi connectivity index (χ1) is 12.9. The first-order valence-corrected chi connectivity index (χ1v) is 9.15. The van der Waals surface area contributed by atoms with E-state index in [-0.39, 0.29) is 24.9 Å². The molecule has 0 saturated carbocycles. The van der Waals surface area contributed by atoms with Crippen LogP contribution in [0.4, 0.5) is 0 Å². The fourth-order valence-electron chi connectivity index (χ4n) is 3.30. The third-order valence-corrected chi connectivity index (χ3v) is 5.54. The minimum atomic E-state index is -1.54. The largest absolute Gasteiger partial charge is 0.468 e. The van der Waals surface area contributed by atoms with Crippen LogP contribution in [0, 0.1) is 11.8 Å². The van der Waals surface area contributed by atoms with Crippen molar-refractivity contribution in [1.82, 2.24) is 0 Å². The van der Waals surface area contributed by atoms with E-state index in [1.165, 1.54) is 20.3 Å². The molecular formula is C19H19BrO7. The van der Waals surface area contributed by atoms with Crippen molar-refractivity contribution in [3.63, 3.8) is 0 Å². The Hall–Kier alpha value is -2.03. The van der Waals surface area contributed by atoms with Gasteiger partial charge in [0.1, 0.15) is 6.10 Å². The number of hydrogen-bond donors (Lipinski definition) is 0. The van der Waals surface area contributed by atoms with Crippen molar-refractivity contribution in [1.29, 1.82) is 0 Å². The molecule has 1 aromatic carbocycles. The maximum atomic E-state index is 12.9. The molecule has 0 radical (unpaired) electrons. The summed E-state index contributed by atoms with van der Waals surface area (Å²) in [7, 11) is 2.35. The average molecular weight is 439 g/mol. The molecule has 1 heterocycles. The monoisotopic (exact) mass is 438 g/mol. The minimum Gasteiger partial charge on any atom is -0.468 e. The number of allylic oxidation sites excluding steroid dienone is 1. The fraction of sp³-hybridized carbons (Fsp3) is 0.421. The summed E-state index contributed by atoms with van der Waals surface area (Å²) in [6.45, 7) is 0.217. The van der Waals surface area contributed by atoms with Gasteiger partial charge in [-0.05, 0) is 11.6 Å². The first kappa shape index (κ1) is 19.7. The average Bonchev–Trinajstić information content (AvgIpc) is 3.11. The molecule has 0 N–H and O–H groups in total. The lowest BCUT2D eigenvalue weighted by Crippen LogP contribution is -2.46. The molecule has 0 amide bonds. The van der Waals surface area contributed by atoms with E-state index in [4.69, 9.17) is 18.9 Å². The molecule has 1 unspecified atom stereocenters. The molecule has 1 aliphatic carbocycles. The molecule has 1 aromatic rings. The van der Waals surface area contributed by atoms with Crippen molar-refractivity contribution in [2.24, 2.45) is 11.8 Å². The van der Waals surface area contributed by atoms with Crippen LogP contribution in [0.1, 0.15) is 18.1 Å². The van der Waals surface area contributed by atoms with Crippen molar-refractivity contribution >= 4 is 33.7 Å². The molecule has 8 heteroatoms. The molecule has 3 rings (SSSR count). The van der Waals surface area contributed by atoms with Crippen LogP contribution in [0.2, 0.25) is 0 Å². The second kappa shape index (κ2) is 7.92. The van der Waals surface area contributed by atoms with E-state index in [1.807, 2.05) is 30.3 Å². The van der Waals surface area contributed by atoms with E-state index in [0.29, 0.717) is 4.48 Å². The van der Waals surface area contributed by atoms with Gasteiger partial charge in [0.15, 0.2) is 11.7 Å². The SMILES string of the molecule is COC(=O)C(C(=O)OC)C1CC(=O)[C@@]2(C=C1Br)OC[C@@H](c1ccccc1)O2. The van der Waals surface area contributed by atoms with Crippen LogP contribution >= 0.6 is 15.9 Å². The standard InChI is InChI=1S/C19H19BrO7/c1-24-17(22)16(18(23)25-2)12-8-15(21)19(9-13(12)20)26-10-14(27-19)11-6-4-3-5-7-11/h3-7,9,12,14,16H,8,10H2,1-2H3/t12?,14-,19-/m0/s1. The van der Waals surface area contributed by atoms with Gasteiger partial charge in [-0.1, -0.05) is 46.3 Å². The number of ketones is 1. The van der Waals surface area contributed by atoms with Crippen LogP contribution in [0.15, 0.2) is 40.9 Å². The summed E-state index contributed by atoms with van der Waals surface area (Å²) < 4.78 is 21.5. The Morgan fingerprint density at radius 2 is 1.81 bits per heavy atom. The molecule has 0 bridgehead atoms. The summed E-state index contributed by atoms with van der Waals surface area (Å²) in [4.78, 5) is 37.0. The number of carbonyl (C=O) groups is 3. The zero-order chi connectivity index (χ0) is 19.6. The van der Waals surface area contributed by atoms with E-state index in [9.17, 15) is 14.4 Å². The molecule has 7 nitrogen and oxygen atoms in total. The topological polar surface area (TPSA) is 88.1 Å². The number of halogens is 1. The van der Waals surface area contributed by atoms with Crippen LogP contribution in [0.5, 0.6) is 0 Å². The Bertz CT molecular complexity index is 760. The lowest BCUT2D eigenvalue weighted by atomic mass is 9.81. The Kier molecular flexibility index (Phi) is 5.78. The molecule has 1 saturated heterocycles. The summed E-state index contributed by atoms with van der Waals surface area (Å²) in [6, 6.07) is 9.44. The highest BCUT2D eigenvalue weighted by atomic mass is 79.9. The number of Topliss-reactive ketones (excluding diaryl/α,β-unsaturated/α-hetero) is 1. The van der Waals surface area contributed by atoms with Crippen LogP contribution < -0.4 is 0 Å². The number of carbonyl (C=O) groups excluding carboxylic acids is 3. The Balaban J connectivity index is 1.87. The third kappa shape index (κ3) is 3.69. The number of hydrogen-bond acceptors (Lipinski definition) is 7. The lowest BCUT2D eigenvalue weighted by Gasteiger charge is -2.33. The number of rotatable bonds is 4. The minimum absolute atomic E-state index is 0.131. The molecular weight excluding hydrogens is 420 g/mol. The Morgan fingerprint density at radius 1 is 1.19 bits per heavy atom. The van der Waals surface area contributed by atoms with Crippen LogP contribution in [0.25, 0.3) is 0 Å². The molecule has 27 heavy (non-hydrogen) atoms. The normalized spacial score (nSPS) is 27.6. The highest BCUT2D eigenvalue weighted by Crippen LogP contribution is 2.44. The number of methoxy groups -OCH3 is 2. The number of benzene rings is 1. The van der Waals surface area contributed by atoms with Gasteiger partial charge in [0.25, 0.3) is 5.79 Å². The molecule has 0 aromatic heterocycles. The lowest BCUT2D eigenvalue weighted by molar-refractivity contribution is -0.173. The van der Waals surface area contributed by atoms with Gasteiger partial charge in [-0.2, -0.15) is 0 Å². The summed E-state index contributed by atoms with van der Waals surface area (Å²) in [5, 5.41) is 0. The molecule has 1 fully saturated rings. The first-order valence-electron chi connectivity index (χ1n) is 8.35. The molecule has 1 spiro atoms. The van der Waals surface area contributed by atoms with Crippen LogP contribution in [-0.2, 0) is 33.3 Å². The van der Waals surface area contributed by atoms with Crippen molar-refractivity contribution in [2.75, 3.05) is 20.8 Å². The van der Waals surface area contributed by atoms with Gasteiger partial charge in [0.05, 0.1) is 20.8 Å². The molecule has 3 atom stereocenters. The zero-order valence-electron chi connectivity index (χ0n) is 14.8. The number of esters is 2. The maximum absolute atomic E-state index is 12.9. The van der Waals surface area contributed by atoms with E-state index in [2.05, 4.69) is 15.9 Å². The van der Waals surface area contributed by atoms with Gasteiger partial charge in [-0.15, -0.1) is 0 Å². The van der Waals surface area contributed by atoms with Gasteiger partial charge < -0.3 is 18.9 Å². The van der Waals surface area contributed by atoms with E-state index < -0.39 is 29.6 Å². The molecule has 2 aliphatic rings. The Labute approximate surface area is 164 Å². The van der Waals surface area contributed by atoms with E-state index in [0.717, 1.165) is 5.56 Å². The molecule has 1 aliphatic heterocycles. The summed E-state index contributed by atoms with van der Waals surface area (Å²) in [6.07, 6.45) is 0.957. The predicted molar refractivity (Wildman–Crippen MR) is 96.6 cm³/mol. The van der Waals surface area contributed by atoms with Crippen LogP contribution in [0.3, 0.4) is 0 Å². The third-order valence-electron chi connectivity index (χ3n) is 4.73. The highest BCUT2D eigenvalue weighted by Gasteiger charge is 2.53. The highest BCUT2D eigenvalue weighted by molar-refractivity contribution is 9.11. The van der Waals surface area contributed by atoms with Crippen LogP contribution in [-0.4, -0.2) is 44.3 Å². The quantitative estimate of drug-likeness (QED) is 0.526. The fourth-order valence-corrected chi connectivity index (χ4v) is 4.02. The number of ether oxygens (including phenoxy) is 4. The smallest absolute Gasteiger partial charge is 0.320 e. The van der Waals surface area contributed by atoms with Crippen molar-refractivity contribution in [3.05, 3.63) is 46.5 Å². The van der Waals surface area contributed by atoms with Crippen molar-refractivity contribution in [2.45, 2.75) is 18.3 Å². The van der Waals surface area contributed by atoms with Gasteiger partial charge in [-0.25, -0.2) is 0 Å². The van der Waals surface area contributed by atoms with Crippen molar-refractivity contribution in [3.8, 4) is 0 Å². The van der Waals surface area contributed by atoms with E-state index in [1.54, 1.807) is 0 Å². The van der Waals surface area contributed by atoms with Crippen molar-refractivity contribution < 1.29 is 33.3 Å². The zero-order valence-corrected chi connectivity index (χ0v) is 16.4. The predicted octanol–water partition coefficient (Wildman–Crippen LogP) is 2.30. The second-order valence-electron chi connectivity index (χ2n) is 6.28. The van der Waals surface area contributed by atoms with E-state index >= 15 is 0 Å². The summed E-state index contributed by atoms with van der Waals surface area (Å²) in [5.74, 6) is -5.43. The summed E-state index contributed by atoms with van der Waals surface area (Å²) >= 11 is 3.37. The van der Waals surface area contributed by atoms with Gasteiger partial charge in [0, 0.05) is 16.8 Å².